The third-order valence-corrected chi connectivity index (χ3v) is 3.72. The minimum absolute atomic E-state index is 0. The van der Waals surface area contributed by atoms with Gasteiger partial charge < -0.3 is 24.8 Å². The molecule has 2 rings (SSSR count). The molecule has 0 bridgehead atoms. The van der Waals surface area contributed by atoms with E-state index in [4.69, 9.17) is 9.47 Å². The number of aliphatic imine (C=N–C) groups is 1. The van der Waals surface area contributed by atoms with Gasteiger partial charge in [0.1, 0.15) is 0 Å². The number of ether oxygens (including phenoxy) is 3. The topological polar surface area (TPSA) is 93.2 Å². The van der Waals surface area contributed by atoms with Gasteiger partial charge in [-0.3, -0.25) is 10.3 Å². The fourth-order valence-corrected chi connectivity index (χ4v) is 2.29. The average molecular weight is 500 g/mol. The number of rotatable bonds is 6. The van der Waals surface area contributed by atoms with Crippen LogP contribution in [0.5, 0.6) is 11.5 Å². The first-order valence-corrected chi connectivity index (χ1v) is 8.23. The normalized spacial score (nSPS) is 10.4. The van der Waals surface area contributed by atoms with E-state index < -0.39 is 6.09 Å². The molecule has 0 spiro atoms. The quantitative estimate of drug-likeness (QED) is 0.319. The van der Waals surface area contributed by atoms with Crippen molar-refractivity contribution in [2.75, 3.05) is 39.0 Å². The molecule has 0 aromatic heterocycles. The Morgan fingerprint density at radius 2 is 1.57 bits per heavy atom. The maximum Gasteiger partial charge on any atom is 0.411 e. The van der Waals surface area contributed by atoms with Gasteiger partial charge in [0.2, 0.25) is 0 Å². The summed E-state index contributed by atoms with van der Waals surface area (Å²) in [6.45, 7) is 0.561. The molecule has 0 saturated heterocycles. The number of carbonyl (C=O) groups is 1. The molecule has 0 aliphatic heterocycles. The van der Waals surface area contributed by atoms with E-state index in [1.54, 1.807) is 33.4 Å². The number of guanidine groups is 1. The third kappa shape index (κ3) is 6.80. The average Bonchev–Trinajstić information content (AvgIpc) is 2.71. The summed E-state index contributed by atoms with van der Waals surface area (Å²) in [6, 6.07) is 12.9. The number of anilines is 2. The first-order chi connectivity index (χ1) is 13.1. The van der Waals surface area contributed by atoms with Crippen molar-refractivity contribution in [2.45, 2.75) is 6.54 Å². The summed E-state index contributed by atoms with van der Waals surface area (Å²) in [6.07, 6.45) is -0.500. The lowest BCUT2D eigenvalue weighted by molar-refractivity contribution is 0.187. The molecule has 2 aromatic carbocycles. The van der Waals surface area contributed by atoms with E-state index in [0.717, 1.165) is 11.3 Å². The van der Waals surface area contributed by atoms with Gasteiger partial charge in [-0.25, -0.2) is 4.79 Å². The monoisotopic (exact) mass is 500 g/mol. The zero-order valence-electron chi connectivity index (χ0n) is 16.2. The van der Waals surface area contributed by atoms with Crippen LogP contribution in [0.2, 0.25) is 0 Å². The van der Waals surface area contributed by atoms with Crippen molar-refractivity contribution in [1.29, 1.82) is 0 Å². The van der Waals surface area contributed by atoms with E-state index in [1.807, 2.05) is 30.3 Å². The number of amides is 1. The molecule has 0 heterocycles. The highest BCUT2D eigenvalue weighted by molar-refractivity contribution is 14.0. The highest BCUT2D eigenvalue weighted by Crippen LogP contribution is 2.29. The van der Waals surface area contributed by atoms with Crippen molar-refractivity contribution in [2.24, 2.45) is 4.99 Å². The molecule has 152 valence electrons. The second kappa shape index (κ2) is 11.9. The van der Waals surface area contributed by atoms with Gasteiger partial charge in [-0.15, -0.1) is 24.0 Å². The highest BCUT2D eigenvalue weighted by Gasteiger charge is 2.06. The van der Waals surface area contributed by atoms with Crippen molar-refractivity contribution in [1.82, 2.24) is 5.32 Å². The Bertz CT molecular complexity index is 797. The second-order valence-electron chi connectivity index (χ2n) is 5.43. The van der Waals surface area contributed by atoms with E-state index in [-0.39, 0.29) is 24.0 Å². The van der Waals surface area contributed by atoms with Crippen LogP contribution in [-0.2, 0) is 11.3 Å². The van der Waals surface area contributed by atoms with E-state index in [1.165, 1.54) is 7.11 Å². The van der Waals surface area contributed by atoms with E-state index in [2.05, 4.69) is 25.7 Å². The van der Waals surface area contributed by atoms with Crippen molar-refractivity contribution in [3.05, 3.63) is 48.0 Å². The maximum absolute atomic E-state index is 11.2. The fraction of sp³-hybridized carbons (Fsp3) is 0.263. The molecular formula is C19H25IN4O4. The van der Waals surface area contributed by atoms with Crippen molar-refractivity contribution >= 4 is 47.4 Å². The Morgan fingerprint density at radius 3 is 2.14 bits per heavy atom. The summed E-state index contributed by atoms with van der Waals surface area (Å²) >= 11 is 0. The summed E-state index contributed by atoms with van der Waals surface area (Å²) < 4.78 is 15.1. The van der Waals surface area contributed by atoms with Gasteiger partial charge in [-0.1, -0.05) is 12.1 Å². The molecule has 0 saturated carbocycles. The molecule has 9 heteroatoms. The molecular weight excluding hydrogens is 475 g/mol. The second-order valence-corrected chi connectivity index (χ2v) is 5.43. The van der Waals surface area contributed by atoms with Gasteiger partial charge in [0.25, 0.3) is 0 Å². The third-order valence-electron chi connectivity index (χ3n) is 3.72. The van der Waals surface area contributed by atoms with Crippen LogP contribution in [-0.4, -0.2) is 40.4 Å². The summed E-state index contributed by atoms with van der Waals surface area (Å²) in [5, 5.41) is 9.03. The predicted octanol–water partition coefficient (Wildman–Crippen LogP) is 3.69. The van der Waals surface area contributed by atoms with E-state index in [0.29, 0.717) is 29.7 Å². The number of hydrogen-bond acceptors (Lipinski definition) is 5. The Balaban J connectivity index is 0.00000392. The SMILES string of the molecule is CN=C(NCc1ccc(NC(=O)OC)cc1)Nc1ccc(OC)c(OC)c1.I. The fourth-order valence-electron chi connectivity index (χ4n) is 2.29. The van der Waals surface area contributed by atoms with Crippen LogP contribution in [0.3, 0.4) is 0 Å². The molecule has 28 heavy (non-hydrogen) atoms. The van der Waals surface area contributed by atoms with Crippen molar-refractivity contribution in [3.63, 3.8) is 0 Å². The molecule has 2 aromatic rings. The standard InChI is InChI=1S/C19H24N4O4.HI/c1-20-18(22-15-9-10-16(25-2)17(11-15)26-3)21-12-13-5-7-14(8-6-13)23-19(24)27-4;/h5-11H,12H2,1-4H3,(H,23,24)(H2,20,21,22);1H. The minimum Gasteiger partial charge on any atom is -0.493 e. The van der Waals surface area contributed by atoms with Gasteiger partial charge in [-0.2, -0.15) is 0 Å². The van der Waals surface area contributed by atoms with Crippen LogP contribution in [0, 0.1) is 0 Å². The molecule has 0 radical (unpaired) electrons. The van der Waals surface area contributed by atoms with Crippen LogP contribution in [0.4, 0.5) is 16.2 Å². The lowest BCUT2D eigenvalue weighted by Gasteiger charge is -2.14. The van der Waals surface area contributed by atoms with Crippen molar-refractivity contribution < 1.29 is 19.0 Å². The zero-order valence-corrected chi connectivity index (χ0v) is 18.6. The highest BCUT2D eigenvalue weighted by atomic mass is 127. The lowest BCUT2D eigenvalue weighted by atomic mass is 10.2. The Labute approximate surface area is 181 Å². The van der Waals surface area contributed by atoms with Crippen LogP contribution in [0.1, 0.15) is 5.56 Å². The first-order valence-electron chi connectivity index (χ1n) is 8.23. The molecule has 0 unspecified atom stereocenters. The number of methoxy groups -OCH3 is 3. The number of nitrogens with one attached hydrogen (secondary N) is 3. The van der Waals surface area contributed by atoms with Gasteiger partial charge in [0.15, 0.2) is 17.5 Å². The van der Waals surface area contributed by atoms with Gasteiger partial charge in [0.05, 0.1) is 21.3 Å². The number of carbonyl (C=O) groups excluding carboxylic acids is 1. The molecule has 0 aliphatic rings. The van der Waals surface area contributed by atoms with E-state index >= 15 is 0 Å². The summed E-state index contributed by atoms with van der Waals surface area (Å²) in [7, 11) is 6.20. The number of halogens is 1. The van der Waals surface area contributed by atoms with Gasteiger partial charge in [0, 0.05) is 31.0 Å². The van der Waals surface area contributed by atoms with Gasteiger partial charge in [-0.05, 0) is 29.8 Å². The Hall–Kier alpha value is -2.69. The number of hydrogen-bond donors (Lipinski definition) is 3. The molecule has 3 N–H and O–H groups in total. The maximum atomic E-state index is 11.2. The van der Waals surface area contributed by atoms with E-state index in [9.17, 15) is 4.79 Å². The minimum atomic E-state index is -0.500. The first kappa shape index (κ1) is 23.3. The zero-order chi connectivity index (χ0) is 19.6. The number of nitrogens with zero attached hydrogens (tertiary/aromatic N) is 1. The number of benzene rings is 2. The summed E-state index contributed by atoms with van der Waals surface area (Å²) in [4.78, 5) is 15.4. The molecule has 8 nitrogen and oxygen atoms in total. The Kier molecular flexibility index (Phi) is 9.93. The molecule has 1 amide bonds. The molecule has 0 fully saturated rings. The summed E-state index contributed by atoms with van der Waals surface area (Å²) in [5.41, 5.74) is 2.51. The van der Waals surface area contributed by atoms with Crippen LogP contribution in [0.15, 0.2) is 47.5 Å². The van der Waals surface area contributed by atoms with Crippen LogP contribution >= 0.6 is 24.0 Å². The predicted molar refractivity (Wildman–Crippen MR) is 121 cm³/mol. The Morgan fingerprint density at radius 1 is 0.929 bits per heavy atom. The smallest absolute Gasteiger partial charge is 0.411 e. The summed E-state index contributed by atoms with van der Waals surface area (Å²) in [5.74, 6) is 1.90. The van der Waals surface area contributed by atoms with Gasteiger partial charge >= 0.3 is 6.09 Å². The largest absolute Gasteiger partial charge is 0.493 e. The van der Waals surface area contributed by atoms with Crippen LogP contribution in [0.25, 0.3) is 0 Å². The molecule has 0 atom stereocenters. The van der Waals surface area contributed by atoms with Crippen LogP contribution < -0.4 is 25.4 Å². The lowest BCUT2D eigenvalue weighted by Crippen LogP contribution is -2.30. The van der Waals surface area contributed by atoms with Crippen molar-refractivity contribution in [3.8, 4) is 11.5 Å². The molecule has 0 aliphatic carbocycles.